The van der Waals surface area contributed by atoms with E-state index in [-0.39, 0.29) is 60.3 Å². The van der Waals surface area contributed by atoms with E-state index >= 15 is 9.59 Å². The Morgan fingerprint density at radius 2 is 1.40 bits per heavy atom. The van der Waals surface area contributed by atoms with E-state index in [0.717, 1.165) is 18.7 Å². The molecule has 3 aromatic carbocycles. The Morgan fingerprint density at radius 1 is 0.808 bits per heavy atom. The predicted molar refractivity (Wildman–Crippen MR) is 252 cm³/mol. The van der Waals surface area contributed by atoms with E-state index in [4.69, 9.17) is 28.4 Å². The maximum atomic E-state index is 15.7. The molecule has 8 rings (SSSR count). The summed E-state index contributed by atoms with van der Waals surface area (Å²) in [6.07, 6.45) is -11.8. The van der Waals surface area contributed by atoms with Crippen LogP contribution in [0.5, 0.6) is 0 Å². The van der Waals surface area contributed by atoms with Gasteiger partial charge in [0.1, 0.15) is 30.0 Å². The largest absolute Gasteiger partial charge is 0.455 e. The van der Waals surface area contributed by atoms with E-state index in [1.165, 1.54) is 52.0 Å². The summed E-state index contributed by atoms with van der Waals surface area (Å²) in [6.45, 7) is 7.35. The third-order valence-corrected chi connectivity index (χ3v) is 15.4. The molecule has 19 nitrogen and oxygen atoms in total. The number of carbonyl (C=O) groups is 9. The molecule has 2 saturated heterocycles. The fourth-order valence-electron chi connectivity index (χ4n) is 11.6. The molecule has 0 radical (unpaired) electrons. The van der Waals surface area contributed by atoms with Crippen LogP contribution in [0.2, 0.25) is 0 Å². The summed E-state index contributed by atoms with van der Waals surface area (Å²) in [7, 11) is 0. The molecule has 19 heteroatoms. The number of amides is 3. The number of Topliss-reactive ketones (excluding diaryl/α,β-unsaturated/α-hetero) is 1. The number of nitrogens with one attached hydrogen (secondary N) is 1. The smallest absolute Gasteiger partial charge is 0.350 e. The third-order valence-electron chi connectivity index (χ3n) is 15.4. The standard InChI is InChI=1S/C54H58N2O17/c1-29-35(70-50(66)44(71-40(62)24-25-56-38(60)22-23-39(56)61)42(32-16-10-7-11-17-32)55-48(64)33-18-12-8-13-19-33)27-54(67)47(72-49(65)34-20-14-9-15-21-34)45-52(6,36(59)26-37-53(45,28-68-37)73-31(3)58)46(63)43(69-30(2)57)41(29)51(54,4)5/h7-21,35-37,42-45,47,59,67H,22-28H2,1-6H3,(H,55,64)/t35-,36-,37+,42-,43+,44+,45?,47?,52+,53-,54+/m0/s1. The zero-order valence-electron chi connectivity index (χ0n) is 41.2. The normalized spacial score (nSPS) is 29.9. The summed E-state index contributed by atoms with van der Waals surface area (Å²) in [5.41, 5.74) is -7.77. The van der Waals surface area contributed by atoms with Crippen LogP contribution in [0.25, 0.3) is 0 Å². The van der Waals surface area contributed by atoms with Crippen LogP contribution in [0, 0.1) is 16.7 Å². The van der Waals surface area contributed by atoms with Crippen LogP contribution in [0.1, 0.15) is 106 Å². The number of nitrogens with zero attached hydrogens (tertiary/aromatic N) is 1. The van der Waals surface area contributed by atoms with Crippen LogP contribution < -0.4 is 5.32 Å². The van der Waals surface area contributed by atoms with E-state index in [0.29, 0.717) is 0 Å². The lowest BCUT2D eigenvalue weighted by Crippen LogP contribution is -2.82. The zero-order valence-corrected chi connectivity index (χ0v) is 41.2. The number of benzene rings is 3. The first-order valence-corrected chi connectivity index (χ1v) is 24.1. The van der Waals surface area contributed by atoms with Gasteiger partial charge in [-0.15, -0.1) is 0 Å². The van der Waals surface area contributed by atoms with Gasteiger partial charge in [0.05, 0.1) is 36.0 Å². The Bertz CT molecular complexity index is 2730. The quantitative estimate of drug-likeness (QED) is 0.0897. The van der Waals surface area contributed by atoms with Crippen molar-refractivity contribution in [3.63, 3.8) is 0 Å². The second kappa shape index (κ2) is 20.1. The molecule has 2 heterocycles. The number of carbonyl (C=O) groups excluding carboxylic acids is 9. The summed E-state index contributed by atoms with van der Waals surface area (Å²) < 4.78 is 36.7. The molecule has 386 valence electrons. The first kappa shape index (κ1) is 52.2. The van der Waals surface area contributed by atoms with Gasteiger partial charge in [0, 0.05) is 57.1 Å². The maximum Gasteiger partial charge on any atom is 0.350 e. The van der Waals surface area contributed by atoms with Gasteiger partial charge in [-0.2, -0.15) is 0 Å². The summed E-state index contributed by atoms with van der Waals surface area (Å²) in [6, 6.07) is 22.2. The minimum Gasteiger partial charge on any atom is -0.455 e. The number of rotatable bonds is 14. The van der Waals surface area contributed by atoms with Crippen LogP contribution in [0.3, 0.4) is 0 Å². The highest BCUT2D eigenvalue weighted by atomic mass is 16.6. The average Bonchev–Trinajstić information content (AvgIpc) is 3.68. The number of ether oxygens (including phenoxy) is 6. The molecule has 2 unspecified atom stereocenters. The van der Waals surface area contributed by atoms with E-state index in [1.54, 1.807) is 66.7 Å². The van der Waals surface area contributed by atoms with Gasteiger partial charge in [0.15, 0.2) is 17.5 Å². The number of likely N-dealkylation sites (tertiary alicyclic amines) is 1. The number of fused-ring (bicyclic) bond motifs is 5. The Hall–Kier alpha value is -7.09. The Balaban J connectivity index is 1.28. The second-order valence-electron chi connectivity index (χ2n) is 20.0. The molecular weight excluding hydrogens is 949 g/mol. The average molecular weight is 1010 g/mol. The van der Waals surface area contributed by atoms with Crippen LogP contribution in [-0.2, 0) is 62.0 Å². The molecule has 73 heavy (non-hydrogen) atoms. The van der Waals surface area contributed by atoms with Crippen LogP contribution in [0.4, 0.5) is 0 Å². The Labute approximate surface area is 420 Å². The van der Waals surface area contributed by atoms with Crippen molar-refractivity contribution in [2.75, 3.05) is 13.2 Å². The fraction of sp³-hybridized carbons (Fsp3) is 0.463. The predicted octanol–water partition coefficient (Wildman–Crippen LogP) is 3.83. The Kier molecular flexibility index (Phi) is 14.4. The molecule has 5 aliphatic rings. The molecule has 3 aliphatic carbocycles. The van der Waals surface area contributed by atoms with Gasteiger partial charge in [-0.1, -0.05) is 80.6 Å². The molecule has 0 aromatic heterocycles. The molecule has 2 aliphatic heterocycles. The summed E-state index contributed by atoms with van der Waals surface area (Å²) in [4.78, 5) is 126. The van der Waals surface area contributed by atoms with Crippen molar-refractivity contribution in [2.45, 2.75) is 128 Å². The topological polar surface area (TPSA) is 265 Å². The number of esters is 5. The van der Waals surface area contributed by atoms with Gasteiger partial charge in [-0.05, 0) is 54.8 Å². The van der Waals surface area contributed by atoms with Crippen LogP contribution in [0.15, 0.2) is 102 Å². The molecule has 2 bridgehead atoms. The molecule has 4 fully saturated rings. The summed E-state index contributed by atoms with van der Waals surface area (Å²) in [5, 5.41) is 29.0. The lowest BCUT2D eigenvalue weighted by Gasteiger charge is -2.67. The molecule has 3 aromatic rings. The van der Waals surface area contributed by atoms with Crippen molar-refractivity contribution in [2.24, 2.45) is 16.7 Å². The highest BCUT2D eigenvalue weighted by molar-refractivity contribution is 6.02. The van der Waals surface area contributed by atoms with Gasteiger partial charge < -0.3 is 44.0 Å². The first-order valence-electron chi connectivity index (χ1n) is 24.1. The maximum absolute atomic E-state index is 15.7. The lowest BCUT2D eigenvalue weighted by atomic mass is 9.44. The highest BCUT2D eigenvalue weighted by Crippen LogP contribution is 2.64. The van der Waals surface area contributed by atoms with E-state index in [1.807, 2.05) is 0 Å². The van der Waals surface area contributed by atoms with Crippen molar-refractivity contribution in [1.29, 1.82) is 0 Å². The van der Waals surface area contributed by atoms with Gasteiger partial charge >= 0.3 is 29.8 Å². The molecule has 2 saturated carbocycles. The minimum atomic E-state index is -2.51. The zero-order chi connectivity index (χ0) is 52.8. The number of aliphatic hydroxyl groups is 2. The van der Waals surface area contributed by atoms with Crippen molar-refractivity contribution in [3.8, 4) is 0 Å². The minimum absolute atomic E-state index is 0.0226. The molecule has 3 amide bonds. The highest BCUT2D eigenvalue weighted by Gasteiger charge is 2.78. The number of hydrogen-bond donors (Lipinski definition) is 3. The van der Waals surface area contributed by atoms with Crippen molar-refractivity contribution in [3.05, 3.63) is 119 Å². The fourth-order valence-corrected chi connectivity index (χ4v) is 11.6. The first-order chi connectivity index (χ1) is 34.5. The van der Waals surface area contributed by atoms with Gasteiger partial charge in [-0.25, -0.2) is 9.59 Å². The van der Waals surface area contributed by atoms with Gasteiger partial charge in [0.25, 0.3) is 5.91 Å². The number of ketones is 1. The SMILES string of the molecule is CC(=O)O[C@H]1C(=O)[C@@]2(C)C(C(OC(=O)c3ccccc3)[C@]3(O)C[C@H](OC(=O)[C@H](OC(=O)CCN4C(=O)CCC4=O)[C@@H](NC(=O)c4ccccc4)c4ccccc4)C(C)=C1C3(C)C)[C@]1(OC(C)=O)CO[C@@H]1C[C@@H]2O. The lowest BCUT2D eigenvalue weighted by molar-refractivity contribution is -0.346. The second-order valence-corrected chi connectivity index (χ2v) is 20.0. The molecule has 11 atom stereocenters. The van der Waals surface area contributed by atoms with Crippen LogP contribution in [-0.4, -0.2) is 129 Å². The van der Waals surface area contributed by atoms with E-state index in [2.05, 4.69) is 5.32 Å². The molecule has 0 spiro atoms. The summed E-state index contributed by atoms with van der Waals surface area (Å²) in [5.74, 6) is -9.33. The van der Waals surface area contributed by atoms with Crippen molar-refractivity contribution < 1.29 is 81.8 Å². The van der Waals surface area contributed by atoms with Crippen LogP contribution >= 0.6 is 0 Å². The third kappa shape index (κ3) is 9.33. The van der Waals surface area contributed by atoms with Crippen molar-refractivity contribution in [1.82, 2.24) is 10.2 Å². The number of hydrogen-bond acceptors (Lipinski definition) is 17. The number of aliphatic hydroxyl groups excluding tert-OH is 1. The Morgan fingerprint density at radius 3 is 1.96 bits per heavy atom. The van der Waals surface area contributed by atoms with Gasteiger partial charge in [0.2, 0.25) is 17.9 Å². The monoisotopic (exact) mass is 1010 g/mol. The molecular formula is C54H58N2O17. The molecule has 3 N–H and O–H groups in total. The number of imide groups is 1. The van der Waals surface area contributed by atoms with E-state index < -0.39 is 137 Å². The van der Waals surface area contributed by atoms with Crippen molar-refractivity contribution >= 4 is 53.4 Å². The summed E-state index contributed by atoms with van der Waals surface area (Å²) >= 11 is 0. The van der Waals surface area contributed by atoms with Gasteiger partial charge in [-0.3, -0.25) is 38.5 Å². The van der Waals surface area contributed by atoms with E-state index in [9.17, 15) is 43.8 Å².